The maximum absolute atomic E-state index is 13.8. The third kappa shape index (κ3) is 8.92. The number of nitrogens with zero attached hydrogens (tertiary/aromatic N) is 4. The molecule has 1 aliphatic heterocycles. The van der Waals surface area contributed by atoms with Crippen LogP contribution >= 0.6 is 34.5 Å². The van der Waals surface area contributed by atoms with Crippen LogP contribution in [0.1, 0.15) is 76.7 Å². The third-order valence-electron chi connectivity index (χ3n) is 6.91. The molecule has 0 unspecified atom stereocenters. The van der Waals surface area contributed by atoms with Gasteiger partial charge in [-0.3, -0.25) is 4.79 Å². The van der Waals surface area contributed by atoms with Gasteiger partial charge in [-0.2, -0.15) is 27.5 Å². The number of rotatable bonds is 8. The molecule has 46 heavy (non-hydrogen) atoms. The Balaban J connectivity index is 0.00000185. The molecule has 2 aromatic heterocycles. The molecule has 11 nitrogen and oxygen atoms in total. The summed E-state index contributed by atoms with van der Waals surface area (Å²) in [6, 6.07) is -0.00677. The summed E-state index contributed by atoms with van der Waals surface area (Å²) in [6.45, 7) is 9.74. The SMILES string of the molecule is CC[C@H](NS(=O)(=O)c1ccc(-c2sc(-c3nnc(CC(C)(C)C)o3)nc2C(=O)N2CCCC[C@@H]2C)c(Cl)c1Cl)C(F)(F)F.O=C=O. The van der Waals surface area contributed by atoms with Crippen LogP contribution < -0.4 is 4.72 Å². The van der Waals surface area contributed by atoms with E-state index >= 15 is 0 Å². The molecule has 1 fully saturated rings. The number of piperidine rings is 1. The van der Waals surface area contributed by atoms with Gasteiger partial charge in [-0.15, -0.1) is 21.5 Å². The van der Waals surface area contributed by atoms with E-state index in [1.165, 1.54) is 13.0 Å². The highest BCUT2D eigenvalue weighted by molar-refractivity contribution is 7.89. The molecule has 1 amide bonds. The maximum atomic E-state index is 13.8. The zero-order valence-electron chi connectivity index (χ0n) is 25.5. The number of sulfonamides is 1. The predicted octanol–water partition coefficient (Wildman–Crippen LogP) is 6.81. The number of alkyl halides is 3. The van der Waals surface area contributed by atoms with E-state index in [9.17, 15) is 26.4 Å². The standard InChI is InChI=1S/C27H32Cl2F3N5O4S2.CO2/c1-6-17(27(30,31)32)36-43(39,40)16-11-10-15(19(28)20(16)29)22-21(25(38)37-12-8-7-9-14(37)2)33-24(42-22)23-35-34-18(41-23)13-26(3,4)5;2-1-3/h10-11,14,17,36H,6-9,12-13H2,1-5H3;/t14-,17-;/m0./s1. The quantitative estimate of drug-likeness (QED) is 0.264. The Bertz CT molecular complexity index is 1700. The summed E-state index contributed by atoms with van der Waals surface area (Å²) in [5.41, 5.74) is 0.0979. The Labute approximate surface area is 277 Å². The van der Waals surface area contributed by atoms with Crippen LogP contribution in [0.25, 0.3) is 21.3 Å². The molecule has 4 rings (SSSR count). The van der Waals surface area contributed by atoms with Crippen molar-refractivity contribution in [2.75, 3.05) is 6.54 Å². The number of thiazole rings is 1. The first-order valence-corrected chi connectivity index (χ1v) is 17.1. The van der Waals surface area contributed by atoms with Crippen LogP contribution in [0.3, 0.4) is 0 Å². The van der Waals surface area contributed by atoms with E-state index < -0.39 is 38.6 Å². The second-order valence-electron chi connectivity index (χ2n) is 11.7. The molecule has 0 radical (unpaired) electrons. The van der Waals surface area contributed by atoms with E-state index in [1.54, 1.807) is 9.62 Å². The molecule has 0 saturated carbocycles. The van der Waals surface area contributed by atoms with Gasteiger partial charge < -0.3 is 9.32 Å². The monoisotopic (exact) mass is 725 g/mol. The van der Waals surface area contributed by atoms with Crippen molar-refractivity contribution in [3.63, 3.8) is 0 Å². The molecule has 0 bridgehead atoms. The lowest BCUT2D eigenvalue weighted by Gasteiger charge is -2.33. The number of aromatic nitrogens is 3. The van der Waals surface area contributed by atoms with E-state index in [0.717, 1.165) is 36.7 Å². The first-order valence-electron chi connectivity index (χ1n) is 14.1. The molecule has 1 saturated heterocycles. The lowest BCUT2D eigenvalue weighted by Crippen LogP contribution is -2.44. The first kappa shape index (κ1) is 37.6. The number of hydrogen-bond acceptors (Lipinski definition) is 10. The Morgan fingerprint density at radius 1 is 1.17 bits per heavy atom. The van der Waals surface area contributed by atoms with Crippen molar-refractivity contribution in [1.82, 2.24) is 24.8 Å². The molecule has 1 aliphatic rings. The normalized spacial score (nSPS) is 16.4. The molecule has 0 aliphatic carbocycles. The van der Waals surface area contributed by atoms with Gasteiger partial charge in [0, 0.05) is 24.6 Å². The van der Waals surface area contributed by atoms with Crippen molar-refractivity contribution in [1.29, 1.82) is 0 Å². The number of hydrogen-bond donors (Lipinski definition) is 1. The van der Waals surface area contributed by atoms with Crippen molar-refractivity contribution in [3.8, 4) is 21.3 Å². The molecule has 2 atom stereocenters. The topological polar surface area (TPSA) is 152 Å². The minimum absolute atomic E-state index is 0.0409. The van der Waals surface area contributed by atoms with Gasteiger partial charge in [-0.25, -0.2) is 13.4 Å². The summed E-state index contributed by atoms with van der Waals surface area (Å²) in [4.78, 5) is 36.0. The number of benzene rings is 1. The Kier molecular flexibility index (Phi) is 12.2. The average molecular weight is 727 g/mol. The predicted molar refractivity (Wildman–Crippen MR) is 164 cm³/mol. The second kappa shape index (κ2) is 14.9. The lowest BCUT2D eigenvalue weighted by atomic mass is 9.92. The summed E-state index contributed by atoms with van der Waals surface area (Å²) in [5.74, 6) is 0.129. The molecule has 0 spiro atoms. The van der Waals surface area contributed by atoms with Crippen LogP contribution in [-0.2, 0) is 26.0 Å². The summed E-state index contributed by atoms with van der Waals surface area (Å²) in [7, 11) is -4.71. The van der Waals surface area contributed by atoms with Crippen LogP contribution in [0.4, 0.5) is 13.2 Å². The molecule has 252 valence electrons. The van der Waals surface area contributed by atoms with E-state index in [-0.39, 0.29) is 55.6 Å². The lowest BCUT2D eigenvalue weighted by molar-refractivity contribution is -0.191. The Hall–Kier alpha value is -2.88. The summed E-state index contributed by atoms with van der Waals surface area (Å²) in [5, 5.41) is 7.71. The number of carbonyl (C=O) groups is 1. The highest BCUT2D eigenvalue weighted by Crippen LogP contribution is 2.44. The molecule has 1 N–H and O–H groups in total. The van der Waals surface area contributed by atoms with Crippen LogP contribution in [0.15, 0.2) is 21.4 Å². The van der Waals surface area contributed by atoms with Gasteiger partial charge in [-0.05, 0) is 44.1 Å². The smallest absolute Gasteiger partial charge is 0.404 e. The van der Waals surface area contributed by atoms with Crippen LogP contribution in [0.2, 0.25) is 10.0 Å². The van der Waals surface area contributed by atoms with Crippen molar-refractivity contribution < 1.29 is 40.4 Å². The number of nitrogens with one attached hydrogen (secondary N) is 1. The van der Waals surface area contributed by atoms with E-state index in [1.807, 2.05) is 27.7 Å². The van der Waals surface area contributed by atoms with Gasteiger partial charge in [0.1, 0.15) is 16.6 Å². The van der Waals surface area contributed by atoms with E-state index in [0.29, 0.717) is 18.9 Å². The number of likely N-dealkylation sites (tertiary alicyclic amines) is 1. The van der Waals surface area contributed by atoms with Crippen molar-refractivity contribution in [3.05, 3.63) is 33.8 Å². The van der Waals surface area contributed by atoms with Crippen molar-refractivity contribution >= 4 is 56.6 Å². The van der Waals surface area contributed by atoms with Gasteiger partial charge in [0.25, 0.3) is 11.8 Å². The summed E-state index contributed by atoms with van der Waals surface area (Å²) < 4.78 is 73.3. The zero-order valence-corrected chi connectivity index (χ0v) is 28.6. The third-order valence-corrected chi connectivity index (χ3v) is 10.5. The molecular weight excluding hydrogens is 694 g/mol. The Morgan fingerprint density at radius 3 is 2.39 bits per heavy atom. The largest absolute Gasteiger partial charge is 0.419 e. The fourth-order valence-electron chi connectivity index (χ4n) is 4.69. The molecule has 18 heteroatoms. The molecular formula is C28H32Cl2F3N5O6S2. The molecule has 3 aromatic rings. The highest BCUT2D eigenvalue weighted by Gasteiger charge is 2.41. The first-order chi connectivity index (χ1) is 21.3. The van der Waals surface area contributed by atoms with Gasteiger partial charge in [0.15, 0.2) is 5.01 Å². The zero-order chi connectivity index (χ0) is 34.6. The van der Waals surface area contributed by atoms with E-state index in [2.05, 4.69) is 15.2 Å². The second-order valence-corrected chi connectivity index (χ2v) is 15.2. The highest BCUT2D eigenvalue weighted by atomic mass is 35.5. The van der Waals surface area contributed by atoms with Gasteiger partial charge in [0.05, 0.1) is 14.9 Å². The summed E-state index contributed by atoms with van der Waals surface area (Å²) in [6.07, 6.45) is -1.94. The van der Waals surface area contributed by atoms with Gasteiger partial charge in [-0.1, -0.05) is 57.0 Å². The van der Waals surface area contributed by atoms with Gasteiger partial charge in [0.2, 0.25) is 15.9 Å². The van der Waals surface area contributed by atoms with Crippen LogP contribution in [0, 0.1) is 5.41 Å². The van der Waals surface area contributed by atoms with E-state index in [4.69, 9.17) is 37.2 Å². The molecule has 3 heterocycles. The fourth-order valence-corrected chi connectivity index (χ4v) is 7.92. The number of halogens is 5. The fraction of sp³-hybridized carbons (Fsp3) is 0.536. The maximum Gasteiger partial charge on any atom is 0.404 e. The van der Waals surface area contributed by atoms with Gasteiger partial charge >= 0.3 is 12.3 Å². The minimum Gasteiger partial charge on any atom is -0.419 e. The van der Waals surface area contributed by atoms with Crippen molar-refractivity contribution in [2.45, 2.75) is 89.9 Å². The number of amides is 1. The van der Waals surface area contributed by atoms with Crippen LogP contribution in [0.5, 0.6) is 0 Å². The molecule has 1 aromatic carbocycles. The average Bonchev–Trinajstić information content (AvgIpc) is 3.59. The summed E-state index contributed by atoms with van der Waals surface area (Å²) >= 11 is 14.0. The Morgan fingerprint density at radius 2 is 1.83 bits per heavy atom. The number of carbonyl (C=O) groups excluding carboxylic acids is 3. The van der Waals surface area contributed by atoms with Crippen molar-refractivity contribution in [2.24, 2.45) is 5.41 Å². The minimum atomic E-state index is -4.81. The van der Waals surface area contributed by atoms with Crippen LogP contribution in [-0.4, -0.2) is 65.4 Å².